The molecular formula is C24H28N2O6. The number of aliphatic hydroxyl groups excluding tert-OH is 1. The van der Waals surface area contributed by atoms with Crippen LogP contribution in [-0.4, -0.2) is 67.5 Å². The summed E-state index contributed by atoms with van der Waals surface area (Å²) in [7, 11) is 5.28. The van der Waals surface area contributed by atoms with Gasteiger partial charge in [-0.25, -0.2) is 0 Å². The molecule has 3 rings (SSSR count). The minimum absolute atomic E-state index is 0.0232. The minimum atomic E-state index is -0.803. The molecular weight excluding hydrogens is 412 g/mol. The van der Waals surface area contributed by atoms with Crippen molar-refractivity contribution < 1.29 is 28.6 Å². The summed E-state index contributed by atoms with van der Waals surface area (Å²) >= 11 is 0. The molecule has 2 aromatic rings. The van der Waals surface area contributed by atoms with Gasteiger partial charge in [-0.15, -0.1) is 0 Å². The highest BCUT2D eigenvalue weighted by atomic mass is 16.5. The maximum Gasteiger partial charge on any atom is 0.290 e. The van der Waals surface area contributed by atoms with E-state index in [1.807, 2.05) is 19.0 Å². The lowest BCUT2D eigenvalue weighted by Crippen LogP contribution is -2.36. The Hall–Kier alpha value is -3.52. The van der Waals surface area contributed by atoms with Crippen molar-refractivity contribution >= 4 is 11.7 Å². The molecule has 1 amide bonds. The van der Waals surface area contributed by atoms with Crippen LogP contribution in [0.15, 0.2) is 58.7 Å². The molecule has 0 radical (unpaired) electrons. The number of carbonyl (C=O) groups is 2. The number of hydrogen-bond donors (Lipinski definition) is 1. The number of benzene rings is 1. The zero-order chi connectivity index (χ0) is 23.4. The summed E-state index contributed by atoms with van der Waals surface area (Å²) < 4.78 is 16.6. The lowest BCUT2D eigenvalue weighted by atomic mass is 9.94. The Balaban J connectivity index is 2.08. The standard InChI is InChI=1S/C24H28N2O6/c1-6-13-31-17-10-8-16(14-19(17)30-5)21-20(22(27)18-9-7-15(2)32-18)23(28)24(29)26(21)12-11-25(3)4/h6-10,14,21,28H,1,11-13H2,2-5H3. The molecule has 170 valence electrons. The molecule has 8 nitrogen and oxygen atoms in total. The molecule has 1 atom stereocenters. The molecule has 32 heavy (non-hydrogen) atoms. The second-order valence-electron chi connectivity index (χ2n) is 7.72. The predicted molar refractivity (Wildman–Crippen MR) is 119 cm³/mol. The summed E-state index contributed by atoms with van der Waals surface area (Å²) in [6.07, 6.45) is 1.62. The lowest BCUT2D eigenvalue weighted by molar-refractivity contribution is -0.129. The number of Topliss-reactive ketones (excluding diaryl/α,β-unsaturated/α-hetero) is 1. The first kappa shape index (κ1) is 23.1. The molecule has 8 heteroatoms. The lowest BCUT2D eigenvalue weighted by Gasteiger charge is -2.28. The number of nitrogens with zero attached hydrogens (tertiary/aromatic N) is 2. The van der Waals surface area contributed by atoms with Gasteiger partial charge in [0.1, 0.15) is 12.4 Å². The first-order valence-corrected chi connectivity index (χ1v) is 10.2. The Kier molecular flexibility index (Phi) is 7.05. The Morgan fingerprint density at radius 2 is 2.03 bits per heavy atom. The quantitative estimate of drug-likeness (QED) is 0.448. The van der Waals surface area contributed by atoms with E-state index in [0.29, 0.717) is 42.5 Å². The second kappa shape index (κ2) is 9.74. The molecule has 1 unspecified atom stereocenters. The molecule has 1 aliphatic rings. The fraction of sp³-hybridized carbons (Fsp3) is 0.333. The van der Waals surface area contributed by atoms with E-state index in [9.17, 15) is 14.7 Å². The molecule has 0 aliphatic carbocycles. The van der Waals surface area contributed by atoms with Crippen LogP contribution >= 0.6 is 0 Å². The molecule has 0 fully saturated rings. The highest BCUT2D eigenvalue weighted by Gasteiger charge is 2.44. The Morgan fingerprint density at radius 3 is 2.62 bits per heavy atom. The number of aryl methyl sites for hydroxylation is 1. The topological polar surface area (TPSA) is 92.5 Å². The van der Waals surface area contributed by atoms with Gasteiger partial charge in [-0.2, -0.15) is 0 Å². The van der Waals surface area contributed by atoms with Crippen molar-refractivity contribution in [3.8, 4) is 11.5 Å². The summed E-state index contributed by atoms with van der Waals surface area (Å²) in [4.78, 5) is 29.6. The van der Waals surface area contributed by atoms with Gasteiger partial charge in [0.25, 0.3) is 5.91 Å². The van der Waals surface area contributed by atoms with Gasteiger partial charge in [0.05, 0.1) is 18.7 Å². The van der Waals surface area contributed by atoms with Crippen LogP contribution in [0, 0.1) is 6.92 Å². The SMILES string of the molecule is C=CCOc1ccc(C2C(C(=O)c3ccc(C)o3)=C(O)C(=O)N2CCN(C)C)cc1OC. The number of amides is 1. The van der Waals surface area contributed by atoms with Crippen LogP contribution in [0.3, 0.4) is 0 Å². The van der Waals surface area contributed by atoms with Crippen LogP contribution in [0.2, 0.25) is 0 Å². The predicted octanol–water partition coefficient (Wildman–Crippen LogP) is 3.30. The molecule has 0 spiro atoms. The second-order valence-corrected chi connectivity index (χ2v) is 7.72. The third-order valence-corrected chi connectivity index (χ3v) is 5.16. The minimum Gasteiger partial charge on any atom is -0.503 e. The van der Waals surface area contributed by atoms with Crippen LogP contribution in [-0.2, 0) is 4.79 Å². The van der Waals surface area contributed by atoms with Crippen molar-refractivity contribution in [1.82, 2.24) is 9.80 Å². The number of rotatable bonds is 10. The maximum absolute atomic E-state index is 13.3. The molecule has 1 N–H and O–H groups in total. The van der Waals surface area contributed by atoms with E-state index in [1.165, 1.54) is 18.1 Å². The molecule has 1 aromatic heterocycles. The van der Waals surface area contributed by atoms with Gasteiger partial charge in [-0.3, -0.25) is 9.59 Å². The average molecular weight is 440 g/mol. The van der Waals surface area contributed by atoms with Gasteiger partial charge in [0.15, 0.2) is 23.0 Å². The van der Waals surface area contributed by atoms with E-state index in [-0.39, 0.29) is 11.3 Å². The number of hydrogen-bond acceptors (Lipinski definition) is 7. The summed E-state index contributed by atoms with van der Waals surface area (Å²) in [6, 6.07) is 7.56. The van der Waals surface area contributed by atoms with Gasteiger partial charge in [-0.1, -0.05) is 18.7 Å². The number of ketones is 1. The molecule has 1 aliphatic heterocycles. The molecule has 1 aromatic carbocycles. The largest absolute Gasteiger partial charge is 0.503 e. The van der Waals surface area contributed by atoms with Crippen LogP contribution in [0.5, 0.6) is 11.5 Å². The number of aliphatic hydroxyl groups is 1. The van der Waals surface area contributed by atoms with E-state index in [4.69, 9.17) is 13.9 Å². The normalized spacial score (nSPS) is 16.1. The van der Waals surface area contributed by atoms with Crippen molar-refractivity contribution in [1.29, 1.82) is 0 Å². The first-order chi connectivity index (χ1) is 15.3. The van der Waals surface area contributed by atoms with Crippen LogP contribution in [0.1, 0.15) is 27.9 Å². The zero-order valence-corrected chi connectivity index (χ0v) is 18.8. The summed E-state index contributed by atoms with van der Waals surface area (Å²) in [5, 5.41) is 10.7. The van der Waals surface area contributed by atoms with E-state index in [0.717, 1.165) is 0 Å². The number of methoxy groups -OCH3 is 1. The number of carbonyl (C=O) groups excluding carboxylic acids is 2. The van der Waals surface area contributed by atoms with Gasteiger partial charge in [-0.05, 0) is 50.8 Å². The highest BCUT2D eigenvalue weighted by Crippen LogP contribution is 2.41. The zero-order valence-electron chi connectivity index (χ0n) is 18.8. The fourth-order valence-electron chi connectivity index (χ4n) is 3.58. The van der Waals surface area contributed by atoms with Gasteiger partial charge in [0, 0.05) is 13.1 Å². The summed E-state index contributed by atoms with van der Waals surface area (Å²) in [5.41, 5.74) is 0.584. The third-order valence-electron chi connectivity index (χ3n) is 5.16. The van der Waals surface area contributed by atoms with Crippen LogP contribution in [0.25, 0.3) is 0 Å². The molecule has 0 bridgehead atoms. The van der Waals surface area contributed by atoms with Crippen molar-refractivity contribution in [3.63, 3.8) is 0 Å². The molecule has 0 saturated heterocycles. The van der Waals surface area contributed by atoms with Crippen molar-refractivity contribution in [3.05, 3.63) is 71.4 Å². The first-order valence-electron chi connectivity index (χ1n) is 10.2. The fourth-order valence-corrected chi connectivity index (χ4v) is 3.58. The van der Waals surface area contributed by atoms with Gasteiger partial charge >= 0.3 is 0 Å². The van der Waals surface area contributed by atoms with Crippen LogP contribution in [0.4, 0.5) is 0 Å². The number of furan rings is 1. The third kappa shape index (κ3) is 4.55. The molecule has 2 heterocycles. The van der Waals surface area contributed by atoms with Crippen LogP contribution < -0.4 is 9.47 Å². The highest BCUT2D eigenvalue weighted by molar-refractivity contribution is 6.15. The Bertz CT molecular complexity index is 1050. The monoisotopic (exact) mass is 440 g/mol. The average Bonchev–Trinajstić information content (AvgIpc) is 3.31. The van der Waals surface area contributed by atoms with E-state index in [2.05, 4.69) is 6.58 Å². The van der Waals surface area contributed by atoms with Crippen molar-refractivity contribution in [2.45, 2.75) is 13.0 Å². The summed E-state index contributed by atoms with van der Waals surface area (Å²) in [6.45, 7) is 6.52. The van der Waals surface area contributed by atoms with E-state index >= 15 is 0 Å². The van der Waals surface area contributed by atoms with Crippen molar-refractivity contribution in [2.75, 3.05) is 40.9 Å². The van der Waals surface area contributed by atoms with E-state index < -0.39 is 23.5 Å². The van der Waals surface area contributed by atoms with Gasteiger partial charge < -0.3 is 28.8 Å². The van der Waals surface area contributed by atoms with E-state index in [1.54, 1.807) is 37.3 Å². The summed E-state index contributed by atoms with van der Waals surface area (Å²) in [5.74, 6) is -0.140. The number of likely N-dealkylation sites (N-methyl/N-ethyl adjacent to an activating group) is 1. The van der Waals surface area contributed by atoms with Crippen molar-refractivity contribution in [2.24, 2.45) is 0 Å². The Labute approximate surface area is 187 Å². The van der Waals surface area contributed by atoms with Gasteiger partial charge in [0.2, 0.25) is 5.78 Å². The Morgan fingerprint density at radius 1 is 1.28 bits per heavy atom. The molecule has 0 saturated carbocycles. The maximum atomic E-state index is 13.3. The smallest absolute Gasteiger partial charge is 0.290 e. The number of ether oxygens (including phenoxy) is 2.